The van der Waals surface area contributed by atoms with Crippen LogP contribution in [0.25, 0.3) is 104 Å². The lowest BCUT2D eigenvalue weighted by atomic mass is 9.88. The Morgan fingerprint density at radius 2 is 1.25 bits per heavy atom. The van der Waals surface area contributed by atoms with Crippen molar-refractivity contribution in [2.24, 2.45) is 0 Å². The summed E-state index contributed by atoms with van der Waals surface area (Å²) in [6, 6.07) is 44.3. The molecule has 0 saturated heterocycles. The number of nitrogens with zero attached hydrogens (tertiary/aromatic N) is 3. The van der Waals surface area contributed by atoms with Crippen molar-refractivity contribution in [1.29, 1.82) is 0 Å². The molecule has 1 unspecified atom stereocenters. The minimum Gasteiger partial charge on any atom is -0.456 e. The van der Waals surface area contributed by atoms with Gasteiger partial charge in [-0.1, -0.05) is 85.8 Å². The fraction of sp³-hybridized carbons (Fsp3) is 0.0652. The lowest BCUT2D eigenvalue weighted by molar-refractivity contribution is 0.586. The van der Waals surface area contributed by atoms with Gasteiger partial charge in [0.15, 0.2) is 17.5 Å². The Morgan fingerprint density at radius 3 is 2.15 bits per heavy atom. The number of benzene rings is 6. The van der Waals surface area contributed by atoms with Gasteiger partial charge in [0.2, 0.25) is 0 Å². The smallest absolute Gasteiger partial charge is 0.164 e. The van der Waals surface area contributed by atoms with Gasteiger partial charge in [0.05, 0.1) is 0 Å². The van der Waals surface area contributed by atoms with Gasteiger partial charge in [-0.05, 0) is 84.1 Å². The predicted molar refractivity (Wildman–Crippen MR) is 214 cm³/mol. The second-order valence-electron chi connectivity index (χ2n) is 13.6. The van der Waals surface area contributed by atoms with Crippen LogP contribution in [0, 0.1) is 0 Å². The minimum atomic E-state index is 0.280. The van der Waals surface area contributed by atoms with Crippen LogP contribution in [0.5, 0.6) is 0 Å². The third-order valence-corrected chi connectivity index (χ3v) is 11.5. The highest BCUT2D eigenvalue weighted by atomic mass is 32.1. The third kappa shape index (κ3) is 4.58. The Hall–Kier alpha value is -6.37. The molecule has 4 aromatic heterocycles. The second-order valence-corrected chi connectivity index (χ2v) is 14.7. The second kappa shape index (κ2) is 11.3. The van der Waals surface area contributed by atoms with E-state index >= 15 is 0 Å². The van der Waals surface area contributed by atoms with Gasteiger partial charge in [0.25, 0.3) is 0 Å². The summed E-state index contributed by atoms with van der Waals surface area (Å²) in [6.45, 7) is 2.26. The van der Waals surface area contributed by atoms with Crippen LogP contribution in [0.2, 0.25) is 0 Å². The molecule has 1 atom stereocenters. The van der Waals surface area contributed by atoms with E-state index in [-0.39, 0.29) is 5.92 Å². The molecule has 10 aromatic rings. The van der Waals surface area contributed by atoms with Crippen molar-refractivity contribution in [2.45, 2.75) is 19.3 Å². The number of thiophene rings is 1. The van der Waals surface area contributed by atoms with Crippen LogP contribution in [-0.4, -0.2) is 15.0 Å². The molecule has 5 nitrogen and oxygen atoms in total. The van der Waals surface area contributed by atoms with Crippen LogP contribution in [0.4, 0.5) is 0 Å². The fourth-order valence-corrected chi connectivity index (χ4v) is 8.92. The third-order valence-electron chi connectivity index (χ3n) is 10.4. The average Bonchev–Trinajstić information content (AvgIpc) is 3.88. The standard InChI is InChI=1S/C46H29N3O2S/c1-26-10-9-16-37-42(26)43-35(23-30(25-39(43)51-37)28-18-20-32-31-13-5-7-15-36(31)50-38(32)24-28)46-48-44(27-11-3-2-4-12-27)47-45(49-46)29-19-21-41-34(22-29)33-14-6-8-17-40(33)52-41/h2-9,11-26H,10H2,1H3. The van der Waals surface area contributed by atoms with Crippen molar-refractivity contribution >= 4 is 70.5 Å². The summed E-state index contributed by atoms with van der Waals surface area (Å²) in [6.07, 6.45) is 5.25. The first kappa shape index (κ1) is 29.4. The summed E-state index contributed by atoms with van der Waals surface area (Å²) in [4.78, 5) is 15.6. The van der Waals surface area contributed by atoms with Gasteiger partial charge < -0.3 is 8.83 Å². The van der Waals surface area contributed by atoms with Gasteiger partial charge >= 0.3 is 0 Å². The predicted octanol–water partition coefficient (Wildman–Crippen LogP) is 13.1. The molecule has 0 fully saturated rings. The van der Waals surface area contributed by atoms with Gasteiger partial charge in [-0.15, -0.1) is 11.3 Å². The summed E-state index contributed by atoms with van der Waals surface area (Å²) in [5, 5.41) is 5.70. The Labute approximate surface area is 302 Å². The van der Waals surface area contributed by atoms with Crippen LogP contribution in [0.1, 0.15) is 30.6 Å². The molecule has 0 amide bonds. The first-order valence-electron chi connectivity index (χ1n) is 17.6. The number of allylic oxidation sites excluding steroid dienone is 1. The van der Waals surface area contributed by atoms with E-state index in [1.165, 1.54) is 25.7 Å². The lowest BCUT2D eigenvalue weighted by Crippen LogP contribution is -2.02. The molecule has 6 heteroatoms. The van der Waals surface area contributed by atoms with E-state index in [1.54, 1.807) is 11.3 Å². The van der Waals surface area contributed by atoms with E-state index < -0.39 is 0 Å². The first-order chi connectivity index (χ1) is 25.6. The summed E-state index contributed by atoms with van der Waals surface area (Å²) in [7, 11) is 0. The van der Waals surface area contributed by atoms with E-state index in [4.69, 9.17) is 23.8 Å². The van der Waals surface area contributed by atoms with Crippen molar-refractivity contribution in [3.05, 3.63) is 145 Å². The number of rotatable bonds is 4. The van der Waals surface area contributed by atoms with Crippen LogP contribution >= 0.6 is 11.3 Å². The van der Waals surface area contributed by atoms with Crippen LogP contribution in [0.15, 0.2) is 142 Å². The molecule has 6 aromatic carbocycles. The van der Waals surface area contributed by atoms with Crippen LogP contribution in [0.3, 0.4) is 0 Å². The number of para-hydroxylation sites is 1. The van der Waals surface area contributed by atoms with Crippen molar-refractivity contribution < 1.29 is 8.83 Å². The summed E-state index contributed by atoms with van der Waals surface area (Å²) in [5.41, 5.74) is 8.57. The molecule has 0 N–H and O–H groups in total. The highest BCUT2D eigenvalue weighted by molar-refractivity contribution is 7.25. The van der Waals surface area contributed by atoms with Crippen molar-refractivity contribution in [2.75, 3.05) is 0 Å². The van der Waals surface area contributed by atoms with Crippen molar-refractivity contribution in [3.63, 3.8) is 0 Å². The topological polar surface area (TPSA) is 65.0 Å². The van der Waals surface area contributed by atoms with E-state index in [0.29, 0.717) is 17.5 Å². The Balaban J connectivity index is 1.17. The minimum absolute atomic E-state index is 0.280. The van der Waals surface area contributed by atoms with Gasteiger partial charge in [-0.2, -0.15) is 0 Å². The summed E-state index contributed by atoms with van der Waals surface area (Å²) in [5.74, 6) is 3.05. The molecule has 0 aliphatic heterocycles. The molecule has 1 aliphatic carbocycles. The number of hydrogen-bond acceptors (Lipinski definition) is 6. The first-order valence-corrected chi connectivity index (χ1v) is 18.4. The number of hydrogen-bond donors (Lipinski definition) is 0. The van der Waals surface area contributed by atoms with Crippen LogP contribution in [-0.2, 0) is 0 Å². The summed E-state index contributed by atoms with van der Waals surface area (Å²) < 4.78 is 15.5. The Bertz CT molecular complexity index is 3080. The SMILES string of the molecule is CC1CC=Cc2oc3cc(-c4ccc5c(c4)oc4ccccc45)cc(-c4nc(-c5ccccc5)nc(-c5ccc6sc7ccccc7c6c5)n4)c3c21. The zero-order valence-electron chi connectivity index (χ0n) is 28.1. The molecule has 0 saturated carbocycles. The molecule has 11 rings (SSSR count). The van der Waals surface area contributed by atoms with E-state index in [0.717, 1.165) is 72.9 Å². The van der Waals surface area contributed by atoms with E-state index in [9.17, 15) is 0 Å². The highest BCUT2D eigenvalue weighted by Gasteiger charge is 2.26. The zero-order chi connectivity index (χ0) is 34.3. The lowest BCUT2D eigenvalue weighted by Gasteiger charge is -2.15. The average molecular weight is 688 g/mol. The summed E-state index contributed by atoms with van der Waals surface area (Å²) >= 11 is 1.81. The highest BCUT2D eigenvalue weighted by Crippen LogP contribution is 2.45. The maximum atomic E-state index is 6.65. The Kier molecular flexibility index (Phi) is 6.39. The monoisotopic (exact) mass is 687 g/mol. The fourth-order valence-electron chi connectivity index (χ4n) is 7.84. The number of furan rings is 2. The van der Waals surface area contributed by atoms with Gasteiger partial charge in [0, 0.05) is 58.6 Å². The zero-order valence-corrected chi connectivity index (χ0v) is 28.9. The number of fused-ring (bicyclic) bond motifs is 9. The molecule has 52 heavy (non-hydrogen) atoms. The molecule has 246 valence electrons. The maximum Gasteiger partial charge on any atom is 0.164 e. The van der Waals surface area contributed by atoms with Gasteiger partial charge in [0.1, 0.15) is 22.5 Å². The number of aromatic nitrogens is 3. The Morgan fingerprint density at radius 1 is 0.538 bits per heavy atom. The van der Waals surface area contributed by atoms with Gasteiger partial charge in [-0.25, -0.2) is 15.0 Å². The molecule has 1 aliphatic rings. The van der Waals surface area contributed by atoms with E-state index in [2.05, 4.69) is 110 Å². The van der Waals surface area contributed by atoms with Crippen molar-refractivity contribution in [1.82, 2.24) is 15.0 Å². The largest absolute Gasteiger partial charge is 0.456 e. The maximum absolute atomic E-state index is 6.65. The molecule has 4 heterocycles. The molecular formula is C46H29N3O2S. The normalized spacial score (nSPS) is 14.3. The van der Waals surface area contributed by atoms with Gasteiger partial charge in [-0.3, -0.25) is 0 Å². The quantitative estimate of drug-likeness (QED) is 0.184. The van der Waals surface area contributed by atoms with Crippen molar-refractivity contribution in [3.8, 4) is 45.3 Å². The molecule has 0 radical (unpaired) electrons. The van der Waals surface area contributed by atoms with E-state index in [1.807, 2.05) is 36.4 Å². The van der Waals surface area contributed by atoms with Crippen LogP contribution < -0.4 is 0 Å². The molecular weight excluding hydrogens is 659 g/mol. The molecule has 0 spiro atoms. The molecule has 0 bridgehead atoms.